The molecule has 1 fully saturated rings. The molecule has 146 valence electrons. The average molecular weight is 387 g/mol. The minimum Gasteiger partial charge on any atom is -0.509 e. The van der Waals surface area contributed by atoms with Crippen LogP contribution in [-0.4, -0.2) is 22.5 Å². The Morgan fingerprint density at radius 3 is 2.21 bits per heavy atom. The predicted octanol–water partition coefficient (Wildman–Crippen LogP) is 5.15. The molecule has 4 rings (SSSR count). The van der Waals surface area contributed by atoms with E-state index in [4.69, 9.17) is 0 Å². The van der Waals surface area contributed by atoms with Crippen LogP contribution in [-0.2, 0) is 4.79 Å². The van der Waals surface area contributed by atoms with Crippen LogP contribution >= 0.6 is 0 Å². The van der Waals surface area contributed by atoms with E-state index >= 15 is 0 Å². The fourth-order valence-electron chi connectivity index (χ4n) is 4.05. The second-order valence-electron chi connectivity index (χ2n) is 7.65. The molecular weight excluding hydrogens is 367 g/mol. The van der Waals surface area contributed by atoms with Crippen LogP contribution in [0.15, 0.2) is 48.2 Å². The van der Waals surface area contributed by atoms with Gasteiger partial charge in [0.25, 0.3) is 5.91 Å². The van der Waals surface area contributed by atoms with Crippen LogP contribution in [0.25, 0.3) is 16.7 Å². The number of carbonyl (C=O) groups excluding carboxylic acids is 1. The van der Waals surface area contributed by atoms with Crippen molar-refractivity contribution < 1.29 is 23.1 Å². The zero-order valence-corrected chi connectivity index (χ0v) is 15.4. The normalized spacial score (nSPS) is 20.5. The van der Waals surface area contributed by atoms with Gasteiger partial charge < -0.3 is 10.4 Å². The summed E-state index contributed by atoms with van der Waals surface area (Å²) in [6.07, 6.45) is -0.756. The molecule has 2 aromatic rings. The van der Waals surface area contributed by atoms with Gasteiger partial charge in [-0.3, -0.25) is 4.79 Å². The van der Waals surface area contributed by atoms with E-state index in [1.165, 1.54) is 12.1 Å². The van der Waals surface area contributed by atoms with Gasteiger partial charge in [-0.15, -0.1) is 0 Å². The Hall–Kier alpha value is -2.76. The molecule has 1 aliphatic heterocycles. The van der Waals surface area contributed by atoms with E-state index in [2.05, 4.69) is 5.32 Å². The van der Waals surface area contributed by atoms with Crippen LogP contribution in [0.4, 0.5) is 13.2 Å². The van der Waals surface area contributed by atoms with Crippen molar-refractivity contribution in [2.24, 2.45) is 0 Å². The summed E-state index contributed by atoms with van der Waals surface area (Å²) in [6.45, 7) is 1.82. The fraction of sp³-hybridized carbons (Fsp3) is 0.318. The summed E-state index contributed by atoms with van der Waals surface area (Å²) in [7, 11) is 0. The molecule has 0 atom stereocenters. The minimum absolute atomic E-state index is 0.00221. The van der Waals surface area contributed by atoms with E-state index in [1.54, 1.807) is 18.2 Å². The number of alkyl halides is 2. The van der Waals surface area contributed by atoms with E-state index in [9.17, 15) is 23.1 Å². The first-order valence-electron chi connectivity index (χ1n) is 9.22. The highest BCUT2D eigenvalue weighted by Crippen LogP contribution is 2.46. The van der Waals surface area contributed by atoms with E-state index in [0.717, 1.165) is 16.7 Å². The molecule has 0 radical (unpaired) electrons. The van der Waals surface area contributed by atoms with Crippen LogP contribution in [0.3, 0.4) is 0 Å². The molecule has 0 bridgehead atoms. The molecule has 28 heavy (non-hydrogen) atoms. The highest BCUT2D eigenvalue weighted by molar-refractivity contribution is 6.23. The Morgan fingerprint density at radius 1 is 0.964 bits per heavy atom. The number of amides is 1. The first-order chi connectivity index (χ1) is 13.2. The number of halogens is 3. The van der Waals surface area contributed by atoms with Gasteiger partial charge in [-0.05, 0) is 60.2 Å². The molecule has 1 spiro atoms. The monoisotopic (exact) mass is 387 g/mol. The molecule has 3 nitrogen and oxygen atoms in total. The maximum absolute atomic E-state index is 13.6. The van der Waals surface area contributed by atoms with E-state index in [-0.39, 0.29) is 42.8 Å². The van der Waals surface area contributed by atoms with Crippen LogP contribution < -0.4 is 5.32 Å². The summed E-state index contributed by atoms with van der Waals surface area (Å²) >= 11 is 0. The number of benzene rings is 2. The maximum Gasteiger partial charge on any atom is 0.256 e. The lowest BCUT2D eigenvalue weighted by Gasteiger charge is -2.36. The molecule has 0 saturated heterocycles. The van der Waals surface area contributed by atoms with Crippen LogP contribution in [0, 0.1) is 12.7 Å². The Morgan fingerprint density at radius 2 is 1.57 bits per heavy atom. The average Bonchev–Trinajstić information content (AvgIpc) is 2.90. The number of aryl methyl sites for hydroxylation is 1. The van der Waals surface area contributed by atoms with Crippen molar-refractivity contribution in [3.05, 3.63) is 65.2 Å². The highest BCUT2D eigenvalue weighted by Gasteiger charge is 2.51. The lowest BCUT2D eigenvalue weighted by atomic mass is 9.78. The molecule has 2 aromatic carbocycles. The molecule has 0 aromatic heterocycles. The smallest absolute Gasteiger partial charge is 0.256 e. The Bertz CT molecular complexity index is 970. The van der Waals surface area contributed by atoms with E-state index in [0.29, 0.717) is 5.56 Å². The molecule has 1 saturated carbocycles. The number of aliphatic hydroxyl groups excluding tert-OH is 1. The zero-order valence-electron chi connectivity index (χ0n) is 15.4. The van der Waals surface area contributed by atoms with Crippen LogP contribution in [0.1, 0.15) is 36.8 Å². The van der Waals surface area contributed by atoms with Crippen molar-refractivity contribution in [2.45, 2.75) is 44.1 Å². The van der Waals surface area contributed by atoms with Gasteiger partial charge >= 0.3 is 0 Å². The quantitative estimate of drug-likeness (QED) is 0.749. The number of hydrogen-bond acceptors (Lipinski definition) is 2. The lowest BCUT2D eigenvalue weighted by molar-refractivity contribution is -0.117. The van der Waals surface area contributed by atoms with Gasteiger partial charge in [0.15, 0.2) is 0 Å². The molecule has 1 heterocycles. The predicted molar refractivity (Wildman–Crippen MR) is 100 cm³/mol. The number of carbonyl (C=O) groups is 1. The second kappa shape index (κ2) is 6.40. The third kappa shape index (κ3) is 3.07. The third-order valence-electron chi connectivity index (χ3n) is 5.79. The molecule has 0 unspecified atom stereocenters. The summed E-state index contributed by atoms with van der Waals surface area (Å²) in [6, 6.07) is 11.4. The summed E-state index contributed by atoms with van der Waals surface area (Å²) in [5.74, 6) is -3.73. The largest absolute Gasteiger partial charge is 0.509 e. The van der Waals surface area contributed by atoms with Gasteiger partial charge in [0.2, 0.25) is 5.92 Å². The first-order valence-corrected chi connectivity index (χ1v) is 9.22. The summed E-state index contributed by atoms with van der Waals surface area (Å²) < 4.78 is 40.4. The van der Waals surface area contributed by atoms with Crippen molar-refractivity contribution in [3.8, 4) is 11.1 Å². The van der Waals surface area contributed by atoms with Gasteiger partial charge in [-0.2, -0.15) is 0 Å². The SMILES string of the molecule is Cc1ccc(-c2ccc(F)cc2)cc1C1=C(O)C2(CCC(F)(F)CC2)NC1=O. The van der Waals surface area contributed by atoms with Gasteiger partial charge in [0.05, 0.1) is 11.1 Å². The Kier molecular flexibility index (Phi) is 4.25. The lowest BCUT2D eigenvalue weighted by Crippen LogP contribution is -2.49. The highest BCUT2D eigenvalue weighted by atomic mass is 19.3. The van der Waals surface area contributed by atoms with Gasteiger partial charge in [-0.25, -0.2) is 13.2 Å². The maximum atomic E-state index is 13.6. The Balaban J connectivity index is 1.76. The summed E-state index contributed by atoms with van der Waals surface area (Å²) in [5, 5.41) is 13.6. The number of nitrogens with one attached hydrogen (secondary N) is 1. The summed E-state index contributed by atoms with van der Waals surface area (Å²) in [4.78, 5) is 12.7. The molecular formula is C22H20F3NO2. The van der Waals surface area contributed by atoms with Crippen molar-refractivity contribution in [1.82, 2.24) is 5.32 Å². The van der Waals surface area contributed by atoms with Crippen LogP contribution in [0.2, 0.25) is 0 Å². The molecule has 6 heteroatoms. The number of hydrogen-bond donors (Lipinski definition) is 2. The van der Waals surface area contributed by atoms with Crippen molar-refractivity contribution >= 4 is 11.5 Å². The number of aliphatic hydroxyl groups is 1. The van der Waals surface area contributed by atoms with E-state index < -0.39 is 17.4 Å². The molecule has 2 N–H and O–H groups in total. The van der Waals surface area contributed by atoms with Gasteiger partial charge in [-0.1, -0.05) is 24.3 Å². The molecule has 2 aliphatic rings. The van der Waals surface area contributed by atoms with Gasteiger partial charge in [0, 0.05) is 12.8 Å². The Labute approximate surface area is 160 Å². The fourth-order valence-corrected chi connectivity index (χ4v) is 4.05. The van der Waals surface area contributed by atoms with E-state index in [1.807, 2.05) is 19.1 Å². The molecule has 1 amide bonds. The second-order valence-corrected chi connectivity index (χ2v) is 7.65. The van der Waals surface area contributed by atoms with Crippen LogP contribution in [0.5, 0.6) is 0 Å². The van der Waals surface area contributed by atoms with Crippen molar-refractivity contribution in [2.75, 3.05) is 0 Å². The topological polar surface area (TPSA) is 49.3 Å². The first kappa shape index (κ1) is 18.6. The molecule has 1 aliphatic carbocycles. The minimum atomic E-state index is -2.77. The van der Waals surface area contributed by atoms with Gasteiger partial charge in [0.1, 0.15) is 11.6 Å². The zero-order chi connectivity index (χ0) is 20.1. The summed E-state index contributed by atoms with van der Waals surface area (Å²) in [5.41, 5.74) is 1.88. The third-order valence-corrected chi connectivity index (χ3v) is 5.79. The standard InChI is InChI=1S/C22H20F3NO2/c1-13-2-3-15(14-4-6-16(23)7-5-14)12-17(13)18-19(27)21(26-20(18)28)8-10-22(24,25)11-9-21/h2-7,12,27H,8-11H2,1H3,(H,26,28). The van der Waals surface area contributed by atoms with Crippen molar-refractivity contribution in [3.63, 3.8) is 0 Å². The van der Waals surface area contributed by atoms with Crippen molar-refractivity contribution in [1.29, 1.82) is 0 Å². The number of rotatable bonds is 2.